The molecule has 0 spiro atoms. The zero-order valence-electron chi connectivity index (χ0n) is 11.5. The van der Waals surface area contributed by atoms with E-state index in [0.717, 1.165) is 16.9 Å². The van der Waals surface area contributed by atoms with E-state index in [1.807, 2.05) is 24.3 Å². The standard InChI is InChI=1S/C16H15F2NO2/c1-20-15-8-4-12(5-9-15)10-19-21-11-13-2-6-14(7-3-13)16(17)18/h2-10,16H,11H2,1H3. The van der Waals surface area contributed by atoms with Crippen molar-refractivity contribution in [1.82, 2.24) is 0 Å². The summed E-state index contributed by atoms with van der Waals surface area (Å²) in [5.74, 6) is 0.771. The molecular formula is C16H15F2NO2. The van der Waals surface area contributed by atoms with E-state index in [2.05, 4.69) is 5.16 Å². The van der Waals surface area contributed by atoms with E-state index in [1.165, 1.54) is 12.1 Å². The molecule has 0 aliphatic carbocycles. The van der Waals surface area contributed by atoms with Gasteiger partial charge in [-0.2, -0.15) is 0 Å². The molecule has 21 heavy (non-hydrogen) atoms. The molecule has 2 aromatic carbocycles. The molecule has 0 aromatic heterocycles. The zero-order chi connectivity index (χ0) is 15.1. The van der Waals surface area contributed by atoms with Crippen LogP contribution < -0.4 is 4.74 Å². The number of oxime groups is 1. The van der Waals surface area contributed by atoms with Crippen LogP contribution in [0.3, 0.4) is 0 Å². The van der Waals surface area contributed by atoms with E-state index in [9.17, 15) is 8.78 Å². The summed E-state index contributed by atoms with van der Waals surface area (Å²) in [4.78, 5) is 5.13. The number of hydrogen-bond acceptors (Lipinski definition) is 3. The topological polar surface area (TPSA) is 30.8 Å². The maximum absolute atomic E-state index is 12.4. The van der Waals surface area contributed by atoms with E-state index in [1.54, 1.807) is 25.5 Å². The zero-order valence-corrected chi connectivity index (χ0v) is 11.5. The molecule has 0 amide bonds. The van der Waals surface area contributed by atoms with E-state index < -0.39 is 6.43 Å². The van der Waals surface area contributed by atoms with Gasteiger partial charge in [0.15, 0.2) is 0 Å². The predicted octanol–water partition coefficient (Wildman–Crippen LogP) is 4.18. The molecule has 2 rings (SSSR count). The number of ether oxygens (including phenoxy) is 1. The van der Waals surface area contributed by atoms with Crippen LogP contribution >= 0.6 is 0 Å². The molecule has 0 unspecified atom stereocenters. The van der Waals surface area contributed by atoms with E-state index >= 15 is 0 Å². The maximum atomic E-state index is 12.4. The summed E-state index contributed by atoms with van der Waals surface area (Å²) < 4.78 is 29.8. The maximum Gasteiger partial charge on any atom is 0.263 e. The minimum Gasteiger partial charge on any atom is -0.497 e. The van der Waals surface area contributed by atoms with Gasteiger partial charge in [-0.05, 0) is 35.4 Å². The van der Waals surface area contributed by atoms with Crippen molar-refractivity contribution in [2.75, 3.05) is 7.11 Å². The van der Waals surface area contributed by atoms with Crippen molar-refractivity contribution in [3.05, 3.63) is 65.2 Å². The van der Waals surface area contributed by atoms with E-state index in [4.69, 9.17) is 9.57 Å². The summed E-state index contributed by atoms with van der Waals surface area (Å²) in [6, 6.07) is 13.3. The lowest BCUT2D eigenvalue weighted by molar-refractivity contribution is 0.131. The van der Waals surface area contributed by atoms with Gasteiger partial charge in [0, 0.05) is 5.56 Å². The highest BCUT2D eigenvalue weighted by Gasteiger charge is 2.05. The van der Waals surface area contributed by atoms with Crippen molar-refractivity contribution in [3.63, 3.8) is 0 Å². The fourth-order valence-corrected chi connectivity index (χ4v) is 1.66. The van der Waals surface area contributed by atoms with Gasteiger partial charge in [-0.25, -0.2) is 8.78 Å². The molecule has 0 aliphatic heterocycles. The lowest BCUT2D eigenvalue weighted by atomic mass is 10.1. The number of hydrogen-bond donors (Lipinski definition) is 0. The third-order valence-corrected chi connectivity index (χ3v) is 2.86. The molecule has 5 heteroatoms. The van der Waals surface area contributed by atoms with Crippen LogP contribution in [0.25, 0.3) is 0 Å². The van der Waals surface area contributed by atoms with Gasteiger partial charge in [-0.1, -0.05) is 29.4 Å². The molecule has 0 saturated carbocycles. The van der Waals surface area contributed by atoms with Gasteiger partial charge >= 0.3 is 0 Å². The molecule has 0 atom stereocenters. The van der Waals surface area contributed by atoms with Gasteiger partial charge in [0.05, 0.1) is 13.3 Å². The van der Waals surface area contributed by atoms with Crippen LogP contribution in [0, 0.1) is 0 Å². The number of nitrogens with zero attached hydrogens (tertiary/aromatic N) is 1. The molecule has 0 bridgehead atoms. The third-order valence-electron chi connectivity index (χ3n) is 2.86. The summed E-state index contributed by atoms with van der Waals surface area (Å²) in [6.45, 7) is 0.232. The number of alkyl halides is 2. The molecule has 110 valence electrons. The third kappa shape index (κ3) is 4.56. The first-order valence-corrected chi connectivity index (χ1v) is 6.35. The Hall–Kier alpha value is -2.43. The average molecular weight is 291 g/mol. The van der Waals surface area contributed by atoms with Crippen LogP contribution in [0.15, 0.2) is 53.7 Å². The van der Waals surface area contributed by atoms with Gasteiger partial charge in [0.1, 0.15) is 12.4 Å². The van der Waals surface area contributed by atoms with Crippen molar-refractivity contribution in [2.24, 2.45) is 5.16 Å². The molecule has 0 saturated heterocycles. The first kappa shape index (κ1) is 15.0. The smallest absolute Gasteiger partial charge is 0.263 e. The molecular weight excluding hydrogens is 276 g/mol. The second-order valence-corrected chi connectivity index (χ2v) is 4.32. The van der Waals surface area contributed by atoms with Gasteiger partial charge in [0.2, 0.25) is 0 Å². The van der Waals surface area contributed by atoms with Gasteiger partial charge in [0.25, 0.3) is 6.43 Å². The first-order valence-electron chi connectivity index (χ1n) is 6.35. The number of methoxy groups -OCH3 is 1. The van der Waals surface area contributed by atoms with Crippen molar-refractivity contribution < 1.29 is 18.4 Å². The van der Waals surface area contributed by atoms with Gasteiger partial charge < -0.3 is 9.57 Å². The summed E-state index contributed by atoms with van der Waals surface area (Å²) in [7, 11) is 1.60. The molecule has 0 aliphatic rings. The Bertz CT molecular complexity index is 580. The van der Waals surface area contributed by atoms with Crippen LogP contribution in [0.1, 0.15) is 23.1 Å². The van der Waals surface area contributed by atoms with Crippen LogP contribution in [-0.4, -0.2) is 13.3 Å². The minimum absolute atomic E-state index is 0.000448. The highest BCUT2D eigenvalue weighted by Crippen LogP contribution is 2.18. The Morgan fingerprint density at radius 3 is 2.29 bits per heavy atom. The summed E-state index contributed by atoms with van der Waals surface area (Å²) in [5.41, 5.74) is 1.66. The van der Waals surface area contributed by atoms with Crippen molar-refractivity contribution in [2.45, 2.75) is 13.0 Å². The molecule has 3 nitrogen and oxygen atoms in total. The Morgan fingerprint density at radius 2 is 1.71 bits per heavy atom. The first-order chi connectivity index (χ1) is 10.2. The quantitative estimate of drug-likeness (QED) is 0.590. The average Bonchev–Trinajstić information content (AvgIpc) is 2.52. The van der Waals surface area contributed by atoms with Crippen LogP contribution in [0.2, 0.25) is 0 Å². The monoisotopic (exact) mass is 291 g/mol. The molecule has 0 N–H and O–H groups in total. The lowest BCUT2D eigenvalue weighted by Gasteiger charge is -2.02. The normalized spacial score (nSPS) is 11.0. The van der Waals surface area contributed by atoms with Crippen molar-refractivity contribution in [1.29, 1.82) is 0 Å². The summed E-state index contributed by atoms with van der Waals surface area (Å²) in [6.07, 6.45) is -0.875. The summed E-state index contributed by atoms with van der Waals surface area (Å²) in [5, 5.41) is 3.84. The molecule has 2 aromatic rings. The fourth-order valence-electron chi connectivity index (χ4n) is 1.66. The Morgan fingerprint density at radius 1 is 1.05 bits per heavy atom. The number of rotatable bonds is 6. The largest absolute Gasteiger partial charge is 0.497 e. The highest BCUT2D eigenvalue weighted by molar-refractivity contribution is 5.79. The molecule has 0 radical (unpaired) electrons. The van der Waals surface area contributed by atoms with Crippen LogP contribution in [0.5, 0.6) is 5.75 Å². The number of halogens is 2. The van der Waals surface area contributed by atoms with E-state index in [-0.39, 0.29) is 12.2 Å². The summed E-state index contributed by atoms with van der Waals surface area (Å²) >= 11 is 0. The van der Waals surface area contributed by atoms with E-state index in [0.29, 0.717) is 0 Å². The fraction of sp³-hybridized carbons (Fsp3) is 0.188. The Labute approximate surface area is 121 Å². The predicted molar refractivity (Wildman–Crippen MR) is 76.8 cm³/mol. The molecule has 0 heterocycles. The van der Waals surface area contributed by atoms with Crippen molar-refractivity contribution in [3.8, 4) is 5.75 Å². The Balaban J connectivity index is 1.84. The SMILES string of the molecule is COc1ccc(C=NOCc2ccc(C(F)F)cc2)cc1. The highest BCUT2D eigenvalue weighted by atomic mass is 19.3. The molecule has 0 fully saturated rings. The van der Waals surface area contributed by atoms with Crippen LogP contribution in [-0.2, 0) is 11.4 Å². The minimum atomic E-state index is -2.45. The van der Waals surface area contributed by atoms with Gasteiger partial charge in [-0.3, -0.25) is 0 Å². The lowest BCUT2D eigenvalue weighted by Crippen LogP contribution is -1.90. The Kier molecular flexibility index (Phi) is 5.26. The van der Waals surface area contributed by atoms with Crippen molar-refractivity contribution >= 4 is 6.21 Å². The van der Waals surface area contributed by atoms with Crippen LogP contribution in [0.4, 0.5) is 8.78 Å². The van der Waals surface area contributed by atoms with Gasteiger partial charge in [-0.15, -0.1) is 0 Å². The second-order valence-electron chi connectivity index (χ2n) is 4.32. The second kappa shape index (κ2) is 7.38. The number of benzene rings is 2.